The van der Waals surface area contributed by atoms with Gasteiger partial charge in [-0.2, -0.15) is 0 Å². The van der Waals surface area contributed by atoms with Crippen LogP contribution in [-0.2, 0) is 4.79 Å². The van der Waals surface area contributed by atoms with Crippen LogP contribution in [0.3, 0.4) is 0 Å². The SMILES string of the molecule is NC(=O)c1ccc(SCC(=O)Nc2cccc(Br)c2)c([N+](=O)[O-])c1. The van der Waals surface area contributed by atoms with E-state index in [1.54, 1.807) is 18.2 Å². The Hall–Kier alpha value is -2.39. The van der Waals surface area contributed by atoms with Crippen molar-refractivity contribution in [3.63, 3.8) is 0 Å². The van der Waals surface area contributed by atoms with Crippen molar-refractivity contribution in [1.29, 1.82) is 0 Å². The molecule has 124 valence electrons. The molecular weight excluding hydrogens is 398 g/mol. The van der Waals surface area contributed by atoms with Crippen LogP contribution in [0.2, 0.25) is 0 Å². The third-order valence-electron chi connectivity index (χ3n) is 2.91. The van der Waals surface area contributed by atoms with E-state index in [0.717, 1.165) is 22.3 Å². The van der Waals surface area contributed by atoms with Crippen molar-refractivity contribution in [2.45, 2.75) is 4.90 Å². The van der Waals surface area contributed by atoms with Crippen molar-refractivity contribution in [3.8, 4) is 0 Å². The highest BCUT2D eigenvalue weighted by molar-refractivity contribution is 9.10. The number of primary amides is 1. The lowest BCUT2D eigenvalue weighted by molar-refractivity contribution is -0.387. The van der Waals surface area contributed by atoms with Gasteiger partial charge in [-0.3, -0.25) is 19.7 Å². The van der Waals surface area contributed by atoms with Gasteiger partial charge in [-0.25, -0.2) is 0 Å². The van der Waals surface area contributed by atoms with Gasteiger partial charge in [0.2, 0.25) is 11.8 Å². The fraction of sp³-hybridized carbons (Fsp3) is 0.0667. The van der Waals surface area contributed by atoms with Crippen molar-refractivity contribution in [2.75, 3.05) is 11.1 Å². The molecule has 0 unspecified atom stereocenters. The van der Waals surface area contributed by atoms with E-state index in [-0.39, 0.29) is 27.8 Å². The van der Waals surface area contributed by atoms with E-state index < -0.39 is 10.8 Å². The van der Waals surface area contributed by atoms with Crippen molar-refractivity contribution in [2.24, 2.45) is 5.73 Å². The summed E-state index contributed by atoms with van der Waals surface area (Å²) in [5.41, 5.74) is 5.52. The molecule has 0 radical (unpaired) electrons. The molecule has 2 aromatic carbocycles. The molecule has 0 aliphatic rings. The number of amides is 2. The van der Waals surface area contributed by atoms with Crippen LogP contribution in [0.1, 0.15) is 10.4 Å². The number of nitrogens with one attached hydrogen (secondary N) is 1. The van der Waals surface area contributed by atoms with E-state index in [4.69, 9.17) is 5.73 Å². The van der Waals surface area contributed by atoms with Crippen molar-refractivity contribution in [3.05, 3.63) is 62.6 Å². The second-order valence-corrected chi connectivity index (χ2v) is 6.58. The van der Waals surface area contributed by atoms with E-state index in [9.17, 15) is 19.7 Å². The first kappa shape index (κ1) is 18.0. The highest BCUT2D eigenvalue weighted by atomic mass is 79.9. The molecule has 3 N–H and O–H groups in total. The van der Waals surface area contributed by atoms with Gasteiger partial charge in [-0.15, -0.1) is 11.8 Å². The molecule has 0 heterocycles. The van der Waals surface area contributed by atoms with E-state index in [2.05, 4.69) is 21.2 Å². The zero-order valence-corrected chi connectivity index (χ0v) is 14.6. The van der Waals surface area contributed by atoms with E-state index in [1.165, 1.54) is 12.1 Å². The molecule has 2 rings (SSSR count). The summed E-state index contributed by atoms with van der Waals surface area (Å²) in [4.78, 5) is 33.9. The molecular formula is C15H12BrN3O4S. The monoisotopic (exact) mass is 409 g/mol. The maximum Gasteiger partial charge on any atom is 0.283 e. The number of nitrogens with two attached hydrogens (primary N) is 1. The number of anilines is 1. The molecule has 9 heteroatoms. The lowest BCUT2D eigenvalue weighted by Crippen LogP contribution is -2.14. The van der Waals surface area contributed by atoms with Gasteiger partial charge in [0.1, 0.15) is 0 Å². The number of thioether (sulfide) groups is 1. The van der Waals surface area contributed by atoms with E-state index in [1.807, 2.05) is 6.07 Å². The molecule has 2 aromatic rings. The molecule has 0 spiro atoms. The summed E-state index contributed by atoms with van der Waals surface area (Å²) in [6.07, 6.45) is 0. The summed E-state index contributed by atoms with van der Waals surface area (Å²) in [5.74, 6) is -1.06. The Morgan fingerprint density at radius 2 is 2.00 bits per heavy atom. The van der Waals surface area contributed by atoms with Gasteiger partial charge >= 0.3 is 0 Å². The van der Waals surface area contributed by atoms with Crippen LogP contribution in [0.15, 0.2) is 51.8 Å². The lowest BCUT2D eigenvalue weighted by Gasteiger charge is -2.06. The Labute approximate surface area is 149 Å². The Morgan fingerprint density at radius 3 is 2.62 bits per heavy atom. The largest absolute Gasteiger partial charge is 0.366 e. The maximum atomic E-state index is 12.0. The molecule has 2 amide bonds. The van der Waals surface area contributed by atoms with Gasteiger partial charge in [0.25, 0.3) is 5.69 Å². The van der Waals surface area contributed by atoms with Crippen molar-refractivity contribution >= 4 is 50.9 Å². The van der Waals surface area contributed by atoms with Gasteiger partial charge in [-0.1, -0.05) is 22.0 Å². The van der Waals surface area contributed by atoms with Crippen LogP contribution in [0.25, 0.3) is 0 Å². The Kier molecular flexibility index (Phi) is 5.93. The molecule has 0 saturated carbocycles. The van der Waals surface area contributed by atoms with Crippen molar-refractivity contribution in [1.82, 2.24) is 0 Å². The predicted octanol–water partition coefficient (Wildman–Crippen LogP) is 3.19. The molecule has 0 atom stereocenters. The number of benzene rings is 2. The summed E-state index contributed by atoms with van der Waals surface area (Å²) in [7, 11) is 0. The lowest BCUT2D eigenvalue weighted by atomic mass is 10.2. The number of hydrogen-bond donors (Lipinski definition) is 2. The first-order valence-corrected chi connectivity index (χ1v) is 8.41. The third kappa shape index (κ3) is 4.80. The number of hydrogen-bond acceptors (Lipinski definition) is 5. The summed E-state index contributed by atoms with van der Waals surface area (Å²) >= 11 is 4.31. The fourth-order valence-corrected chi connectivity index (χ4v) is 3.05. The third-order valence-corrected chi connectivity index (χ3v) is 4.46. The minimum atomic E-state index is -0.748. The van der Waals surface area contributed by atoms with Crippen LogP contribution in [-0.4, -0.2) is 22.5 Å². The number of rotatable bonds is 6. The zero-order valence-electron chi connectivity index (χ0n) is 12.2. The predicted molar refractivity (Wildman–Crippen MR) is 95.1 cm³/mol. The number of carbonyl (C=O) groups is 2. The number of nitro groups is 1. The smallest absolute Gasteiger partial charge is 0.283 e. The number of nitrogens with zero attached hydrogens (tertiary/aromatic N) is 1. The first-order valence-electron chi connectivity index (χ1n) is 6.63. The summed E-state index contributed by atoms with van der Waals surface area (Å²) < 4.78 is 0.825. The fourth-order valence-electron chi connectivity index (χ4n) is 1.84. The van der Waals surface area contributed by atoms with E-state index >= 15 is 0 Å². The van der Waals surface area contributed by atoms with Gasteiger partial charge in [0.05, 0.1) is 15.6 Å². The molecule has 0 aliphatic carbocycles. The van der Waals surface area contributed by atoms with Crippen LogP contribution in [0, 0.1) is 10.1 Å². The molecule has 7 nitrogen and oxygen atoms in total. The van der Waals surface area contributed by atoms with E-state index in [0.29, 0.717) is 5.69 Å². The van der Waals surface area contributed by atoms with Crippen LogP contribution in [0.4, 0.5) is 11.4 Å². The number of halogens is 1. The average Bonchev–Trinajstić information content (AvgIpc) is 2.52. The first-order chi connectivity index (χ1) is 11.4. The zero-order chi connectivity index (χ0) is 17.7. The molecule has 0 aromatic heterocycles. The van der Waals surface area contributed by atoms with Gasteiger partial charge < -0.3 is 11.1 Å². The minimum absolute atomic E-state index is 0.0106. The summed E-state index contributed by atoms with van der Waals surface area (Å²) in [6, 6.07) is 11.0. The minimum Gasteiger partial charge on any atom is -0.366 e. The molecule has 0 bridgehead atoms. The van der Waals surface area contributed by atoms with Crippen LogP contribution < -0.4 is 11.1 Å². The second kappa shape index (κ2) is 7.93. The molecule has 24 heavy (non-hydrogen) atoms. The topological polar surface area (TPSA) is 115 Å². The van der Waals surface area contributed by atoms with Gasteiger partial charge in [-0.05, 0) is 30.3 Å². The average molecular weight is 410 g/mol. The van der Waals surface area contributed by atoms with Gasteiger partial charge in [0.15, 0.2) is 0 Å². The Bertz CT molecular complexity index is 813. The van der Waals surface area contributed by atoms with Crippen LogP contribution >= 0.6 is 27.7 Å². The number of nitro benzene ring substituents is 1. The molecule has 0 saturated heterocycles. The molecule has 0 fully saturated rings. The number of carbonyl (C=O) groups excluding carboxylic acids is 2. The van der Waals surface area contributed by atoms with Crippen molar-refractivity contribution < 1.29 is 14.5 Å². The summed E-state index contributed by atoms with van der Waals surface area (Å²) in [6.45, 7) is 0. The Morgan fingerprint density at radius 1 is 1.25 bits per heavy atom. The van der Waals surface area contributed by atoms with Gasteiger partial charge in [0, 0.05) is 21.8 Å². The Balaban J connectivity index is 2.07. The van der Waals surface area contributed by atoms with Crippen LogP contribution in [0.5, 0.6) is 0 Å². The summed E-state index contributed by atoms with van der Waals surface area (Å²) in [5, 5.41) is 13.8. The standard InChI is InChI=1S/C15H12BrN3O4S/c16-10-2-1-3-11(7-10)18-14(20)8-24-13-5-4-9(15(17)21)6-12(13)19(22)23/h1-7H,8H2,(H2,17,21)(H,18,20). The quantitative estimate of drug-likeness (QED) is 0.431. The highest BCUT2D eigenvalue weighted by Gasteiger charge is 2.18. The normalized spacial score (nSPS) is 10.2. The second-order valence-electron chi connectivity index (χ2n) is 4.65. The maximum absolute atomic E-state index is 12.0. The highest BCUT2D eigenvalue weighted by Crippen LogP contribution is 2.30. The molecule has 0 aliphatic heterocycles.